The van der Waals surface area contributed by atoms with E-state index in [1.54, 1.807) is 19.2 Å². The van der Waals surface area contributed by atoms with Crippen LogP contribution < -0.4 is 9.64 Å². The summed E-state index contributed by atoms with van der Waals surface area (Å²) < 4.78 is 5.37. The maximum absolute atomic E-state index is 10.6. The molecule has 0 atom stereocenters. The summed E-state index contributed by atoms with van der Waals surface area (Å²) in [6.45, 7) is 2.12. The molecule has 2 aromatic carbocycles. The van der Waals surface area contributed by atoms with Gasteiger partial charge in [0.25, 0.3) is 5.69 Å². The lowest BCUT2D eigenvalue weighted by atomic mass is 10.1. The molecule has 0 radical (unpaired) electrons. The highest BCUT2D eigenvalue weighted by Crippen LogP contribution is 2.34. The Morgan fingerprint density at radius 1 is 1.13 bits per heavy atom. The predicted molar refractivity (Wildman–Crippen MR) is 87.1 cm³/mol. The van der Waals surface area contributed by atoms with E-state index >= 15 is 0 Å². The van der Waals surface area contributed by atoms with E-state index < -0.39 is 4.92 Å². The second-order valence-corrected chi connectivity index (χ2v) is 5.17. The topological polar surface area (TPSA) is 80.3 Å². The fourth-order valence-electron chi connectivity index (χ4n) is 2.27. The highest BCUT2D eigenvalue weighted by Gasteiger charge is 2.16. The van der Waals surface area contributed by atoms with Gasteiger partial charge in [0, 0.05) is 37.0 Å². The smallest absolute Gasteiger partial charge is 0.269 e. The Kier molecular flexibility index (Phi) is 4.18. The van der Waals surface area contributed by atoms with E-state index in [4.69, 9.17) is 4.74 Å². The van der Waals surface area contributed by atoms with Crippen molar-refractivity contribution < 1.29 is 9.66 Å². The number of nitrogens with zero attached hydrogens (tertiary/aromatic N) is 4. The Bertz CT molecular complexity index is 739. The zero-order valence-corrected chi connectivity index (χ0v) is 12.7. The van der Waals surface area contributed by atoms with Crippen molar-refractivity contribution in [3.8, 4) is 5.75 Å². The van der Waals surface area contributed by atoms with Crippen molar-refractivity contribution >= 4 is 22.7 Å². The van der Waals surface area contributed by atoms with Gasteiger partial charge in [-0.2, -0.15) is 5.11 Å². The lowest BCUT2D eigenvalue weighted by molar-refractivity contribution is -0.384. The fraction of sp³-hybridized carbons (Fsp3) is 0.250. The first-order valence-corrected chi connectivity index (χ1v) is 7.26. The summed E-state index contributed by atoms with van der Waals surface area (Å²) in [5.41, 5.74) is 2.31. The molecule has 7 nitrogen and oxygen atoms in total. The number of hydrogen-bond donors (Lipinski definition) is 0. The minimum atomic E-state index is -0.446. The first-order chi connectivity index (χ1) is 11.2. The van der Waals surface area contributed by atoms with Gasteiger partial charge in [0.05, 0.1) is 17.7 Å². The van der Waals surface area contributed by atoms with Crippen LogP contribution in [0.1, 0.15) is 6.42 Å². The van der Waals surface area contributed by atoms with E-state index in [0.29, 0.717) is 17.1 Å². The lowest BCUT2D eigenvalue weighted by Gasteiger charge is -2.33. The molecule has 23 heavy (non-hydrogen) atoms. The molecule has 1 fully saturated rings. The van der Waals surface area contributed by atoms with Crippen LogP contribution in [0.15, 0.2) is 52.7 Å². The van der Waals surface area contributed by atoms with Crippen molar-refractivity contribution in [1.82, 2.24) is 0 Å². The third kappa shape index (κ3) is 3.28. The number of anilines is 1. The number of azo groups is 1. The average molecular weight is 312 g/mol. The molecule has 7 heteroatoms. The zero-order chi connectivity index (χ0) is 16.2. The standard InChI is InChI=1S/C16H16N4O3/c1-23-16-11-14(19-9-2-10-19)7-8-15(16)18-17-12-3-5-13(6-4-12)20(21)22/h3-8,11H,2,9-10H2,1H3/b18-17+. The molecule has 0 spiro atoms. The van der Waals surface area contributed by atoms with Crippen LogP contribution in [-0.2, 0) is 0 Å². The Labute approximate surface area is 133 Å². The molecule has 1 aliphatic rings. The van der Waals surface area contributed by atoms with Gasteiger partial charge < -0.3 is 9.64 Å². The molecular weight excluding hydrogens is 296 g/mol. The molecule has 0 amide bonds. The van der Waals surface area contributed by atoms with Gasteiger partial charge in [-0.15, -0.1) is 5.11 Å². The van der Waals surface area contributed by atoms with E-state index in [0.717, 1.165) is 18.8 Å². The average Bonchev–Trinajstić information content (AvgIpc) is 2.52. The molecule has 0 N–H and O–H groups in total. The second-order valence-electron chi connectivity index (χ2n) is 5.17. The molecule has 1 saturated heterocycles. The summed E-state index contributed by atoms with van der Waals surface area (Å²) in [4.78, 5) is 12.4. The van der Waals surface area contributed by atoms with Crippen LogP contribution in [0, 0.1) is 10.1 Å². The van der Waals surface area contributed by atoms with Gasteiger partial charge in [-0.05, 0) is 30.7 Å². The molecular formula is C16H16N4O3. The molecule has 0 bridgehead atoms. The minimum absolute atomic E-state index is 0.0282. The van der Waals surface area contributed by atoms with Crippen molar-refractivity contribution in [2.75, 3.05) is 25.1 Å². The number of rotatable bonds is 5. The molecule has 1 heterocycles. The quantitative estimate of drug-likeness (QED) is 0.470. The largest absolute Gasteiger partial charge is 0.494 e. The van der Waals surface area contributed by atoms with E-state index in [-0.39, 0.29) is 5.69 Å². The Morgan fingerprint density at radius 2 is 1.87 bits per heavy atom. The second kappa shape index (κ2) is 6.43. The highest BCUT2D eigenvalue weighted by atomic mass is 16.6. The maximum Gasteiger partial charge on any atom is 0.269 e. The number of nitro groups is 1. The first-order valence-electron chi connectivity index (χ1n) is 7.26. The van der Waals surface area contributed by atoms with Crippen LogP contribution in [0.4, 0.5) is 22.7 Å². The van der Waals surface area contributed by atoms with Crippen molar-refractivity contribution in [2.24, 2.45) is 10.2 Å². The fourth-order valence-corrected chi connectivity index (χ4v) is 2.27. The van der Waals surface area contributed by atoms with Gasteiger partial charge in [-0.1, -0.05) is 0 Å². The van der Waals surface area contributed by atoms with Crippen molar-refractivity contribution in [2.45, 2.75) is 6.42 Å². The summed E-state index contributed by atoms with van der Waals surface area (Å²) in [5.74, 6) is 0.653. The summed E-state index contributed by atoms with van der Waals surface area (Å²) in [6.07, 6.45) is 1.21. The van der Waals surface area contributed by atoms with Crippen molar-refractivity contribution in [3.63, 3.8) is 0 Å². The highest BCUT2D eigenvalue weighted by molar-refractivity contribution is 5.62. The molecule has 2 aromatic rings. The third-order valence-electron chi connectivity index (χ3n) is 3.72. The molecule has 118 valence electrons. The summed E-state index contributed by atoms with van der Waals surface area (Å²) in [6, 6.07) is 11.7. The Hall–Kier alpha value is -2.96. The molecule has 0 unspecified atom stereocenters. The van der Waals surface area contributed by atoms with E-state index in [1.165, 1.54) is 18.6 Å². The van der Waals surface area contributed by atoms with Crippen LogP contribution in [0.3, 0.4) is 0 Å². The van der Waals surface area contributed by atoms with Gasteiger partial charge in [-0.25, -0.2) is 0 Å². The summed E-state index contributed by atoms with van der Waals surface area (Å²) in [7, 11) is 1.60. The number of non-ortho nitro benzene ring substituents is 1. The minimum Gasteiger partial charge on any atom is -0.494 e. The van der Waals surface area contributed by atoms with Crippen molar-refractivity contribution in [1.29, 1.82) is 0 Å². The van der Waals surface area contributed by atoms with Gasteiger partial charge >= 0.3 is 0 Å². The van der Waals surface area contributed by atoms with Crippen LogP contribution in [0.5, 0.6) is 5.75 Å². The maximum atomic E-state index is 10.6. The SMILES string of the molecule is COc1cc(N2CCC2)ccc1/N=N/c1ccc([N+](=O)[O-])cc1. The Morgan fingerprint density at radius 3 is 2.43 bits per heavy atom. The number of benzene rings is 2. The number of ether oxygens (including phenoxy) is 1. The van der Waals surface area contributed by atoms with Crippen LogP contribution in [0.2, 0.25) is 0 Å². The van der Waals surface area contributed by atoms with Gasteiger partial charge in [0.1, 0.15) is 11.4 Å². The predicted octanol–water partition coefficient (Wildman–Crippen LogP) is 4.23. The van der Waals surface area contributed by atoms with Gasteiger partial charge in [-0.3, -0.25) is 10.1 Å². The van der Waals surface area contributed by atoms with Crippen molar-refractivity contribution in [3.05, 3.63) is 52.6 Å². The van der Waals surface area contributed by atoms with E-state index in [1.807, 2.05) is 18.2 Å². The Balaban J connectivity index is 1.79. The van der Waals surface area contributed by atoms with E-state index in [2.05, 4.69) is 15.1 Å². The van der Waals surface area contributed by atoms with Crippen LogP contribution >= 0.6 is 0 Å². The molecule has 3 rings (SSSR count). The number of methoxy groups -OCH3 is 1. The molecule has 0 saturated carbocycles. The first kappa shape index (κ1) is 15.0. The number of nitro benzene ring substituents is 1. The molecule has 0 aliphatic carbocycles. The third-order valence-corrected chi connectivity index (χ3v) is 3.72. The monoisotopic (exact) mass is 312 g/mol. The van der Waals surface area contributed by atoms with E-state index in [9.17, 15) is 10.1 Å². The molecule has 0 aromatic heterocycles. The normalized spacial score (nSPS) is 13.9. The van der Waals surface area contributed by atoms with Crippen LogP contribution in [-0.4, -0.2) is 25.1 Å². The summed E-state index contributed by atoms with van der Waals surface area (Å²) in [5, 5.41) is 18.9. The van der Waals surface area contributed by atoms with Crippen LogP contribution in [0.25, 0.3) is 0 Å². The lowest BCUT2D eigenvalue weighted by Crippen LogP contribution is -2.36. The molecule has 1 aliphatic heterocycles. The summed E-state index contributed by atoms with van der Waals surface area (Å²) >= 11 is 0. The van der Waals surface area contributed by atoms with Gasteiger partial charge in [0.15, 0.2) is 0 Å². The van der Waals surface area contributed by atoms with Gasteiger partial charge in [0.2, 0.25) is 0 Å². The number of hydrogen-bond acceptors (Lipinski definition) is 6. The zero-order valence-electron chi connectivity index (χ0n) is 12.7.